The topological polar surface area (TPSA) is 86.0 Å². The van der Waals surface area contributed by atoms with Crippen LogP contribution in [-0.2, 0) is 6.42 Å². The van der Waals surface area contributed by atoms with E-state index in [1.165, 1.54) is 0 Å². The molecule has 0 fully saturated rings. The number of anilines is 2. The van der Waals surface area contributed by atoms with Gasteiger partial charge in [0.1, 0.15) is 5.75 Å². The zero-order chi connectivity index (χ0) is 18.8. The van der Waals surface area contributed by atoms with Crippen LogP contribution >= 0.6 is 0 Å². The first kappa shape index (κ1) is 17.0. The number of pyridine rings is 2. The Morgan fingerprint density at radius 1 is 1.15 bits per heavy atom. The second-order valence-electron chi connectivity index (χ2n) is 6.10. The SMILES string of the molecule is CCc1noc(-c2cnc3nc(C)ccc3c2Nc2cccc(OC)c2)n1. The Morgan fingerprint density at radius 2 is 2.04 bits per heavy atom. The molecule has 0 aliphatic rings. The van der Waals surface area contributed by atoms with E-state index >= 15 is 0 Å². The fourth-order valence-electron chi connectivity index (χ4n) is 2.82. The molecule has 7 nitrogen and oxygen atoms in total. The van der Waals surface area contributed by atoms with E-state index in [0.717, 1.165) is 33.8 Å². The first-order valence-corrected chi connectivity index (χ1v) is 8.68. The second kappa shape index (κ2) is 7.03. The summed E-state index contributed by atoms with van der Waals surface area (Å²) in [6, 6.07) is 11.7. The molecular weight excluding hydrogens is 342 g/mol. The van der Waals surface area contributed by atoms with E-state index in [4.69, 9.17) is 9.26 Å². The van der Waals surface area contributed by atoms with Crippen LogP contribution in [0.1, 0.15) is 18.4 Å². The highest BCUT2D eigenvalue weighted by molar-refractivity contribution is 5.98. The van der Waals surface area contributed by atoms with Crippen LogP contribution in [0.2, 0.25) is 0 Å². The average molecular weight is 361 g/mol. The summed E-state index contributed by atoms with van der Waals surface area (Å²) < 4.78 is 10.8. The average Bonchev–Trinajstić information content (AvgIpc) is 3.17. The molecule has 3 heterocycles. The number of hydrogen-bond acceptors (Lipinski definition) is 7. The highest BCUT2D eigenvalue weighted by Crippen LogP contribution is 2.35. The summed E-state index contributed by atoms with van der Waals surface area (Å²) >= 11 is 0. The first-order chi connectivity index (χ1) is 13.2. The molecule has 136 valence electrons. The van der Waals surface area contributed by atoms with Gasteiger partial charge in [-0.2, -0.15) is 4.98 Å². The molecule has 0 radical (unpaired) electrons. The maximum absolute atomic E-state index is 5.45. The Kier molecular flexibility index (Phi) is 4.42. The van der Waals surface area contributed by atoms with Gasteiger partial charge in [-0.05, 0) is 31.2 Å². The monoisotopic (exact) mass is 361 g/mol. The lowest BCUT2D eigenvalue weighted by Gasteiger charge is -2.13. The van der Waals surface area contributed by atoms with Crippen molar-refractivity contribution in [1.29, 1.82) is 0 Å². The number of nitrogens with one attached hydrogen (secondary N) is 1. The summed E-state index contributed by atoms with van der Waals surface area (Å²) in [5.74, 6) is 1.84. The Bertz CT molecular complexity index is 1110. The van der Waals surface area contributed by atoms with Gasteiger partial charge in [0.05, 0.1) is 18.4 Å². The second-order valence-corrected chi connectivity index (χ2v) is 6.10. The Morgan fingerprint density at radius 3 is 2.81 bits per heavy atom. The van der Waals surface area contributed by atoms with Crippen LogP contribution < -0.4 is 10.1 Å². The van der Waals surface area contributed by atoms with E-state index in [-0.39, 0.29) is 0 Å². The molecule has 3 aromatic heterocycles. The lowest BCUT2D eigenvalue weighted by Crippen LogP contribution is -1.99. The molecule has 0 aliphatic heterocycles. The molecule has 0 spiro atoms. The van der Waals surface area contributed by atoms with Crippen molar-refractivity contribution in [1.82, 2.24) is 20.1 Å². The maximum atomic E-state index is 5.45. The number of nitrogens with zero attached hydrogens (tertiary/aromatic N) is 4. The van der Waals surface area contributed by atoms with Crippen LogP contribution in [0, 0.1) is 6.92 Å². The van der Waals surface area contributed by atoms with Gasteiger partial charge in [-0.1, -0.05) is 18.1 Å². The van der Waals surface area contributed by atoms with Crippen molar-refractivity contribution in [2.75, 3.05) is 12.4 Å². The molecular formula is C20H19N5O2. The van der Waals surface area contributed by atoms with Crippen molar-refractivity contribution in [2.45, 2.75) is 20.3 Å². The van der Waals surface area contributed by atoms with Gasteiger partial charge in [0.2, 0.25) is 0 Å². The lowest BCUT2D eigenvalue weighted by molar-refractivity contribution is 0.415. The van der Waals surface area contributed by atoms with Crippen molar-refractivity contribution in [3.05, 3.63) is 54.1 Å². The molecule has 1 aromatic carbocycles. The fourth-order valence-corrected chi connectivity index (χ4v) is 2.82. The molecule has 0 saturated heterocycles. The summed E-state index contributed by atoms with van der Waals surface area (Å²) in [5, 5.41) is 8.32. The standard InChI is InChI=1S/C20H19N5O2/c1-4-17-24-20(27-25-17)16-11-21-19-15(9-8-12(2)22-19)18(16)23-13-6-5-7-14(10-13)26-3/h5-11H,4H2,1-3H3,(H,21,22,23). The molecule has 1 N–H and O–H groups in total. The summed E-state index contributed by atoms with van der Waals surface area (Å²) in [6.07, 6.45) is 2.41. The van der Waals surface area contributed by atoms with Crippen LogP contribution in [0.3, 0.4) is 0 Å². The smallest absolute Gasteiger partial charge is 0.261 e. The zero-order valence-corrected chi connectivity index (χ0v) is 15.4. The van der Waals surface area contributed by atoms with Gasteiger partial charge >= 0.3 is 0 Å². The van der Waals surface area contributed by atoms with E-state index < -0.39 is 0 Å². The number of methoxy groups -OCH3 is 1. The highest BCUT2D eigenvalue weighted by atomic mass is 16.5. The third-order valence-electron chi connectivity index (χ3n) is 4.22. The third kappa shape index (κ3) is 3.31. The summed E-state index contributed by atoms with van der Waals surface area (Å²) in [5.41, 5.74) is 3.97. The normalized spacial score (nSPS) is 10.9. The molecule has 0 atom stereocenters. The quantitative estimate of drug-likeness (QED) is 0.567. The minimum atomic E-state index is 0.423. The molecule has 0 unspecified atom stereocenters. The third-order valence-corrected chi connectivity index (χ3v) is 4.22. The van der Waals surface area contributed by atoms with Crippen LogP contribution in [0.5, 0.6) is 5.75 Å². The van der Waals surface area contributed by atoms with Crippen molar-refractivity contribution in [3.8, 4) is 17.2 Å². The number of aromatic nitrogens is 4. The van der Waals surface area contributed by atoms with E-state index in [1.807, 2.05) is 50.2 Å². The van der Waals surface area contributed by atoms with Crippen LogP contribution in [0.15, 0.2) is 47.1 Å². The summed E-state index contributed by atoms with van der Waals surface area (Å²) in [4.78, 5) is 13.5. The minimum absolute atomic E-state index is 0.423. The van der Waals surface area contributed by atoms with Crippen LogP contribution in [-0.4, -0.2) is 27.2 Å². The van der Waals surface area contributed by atoms with E-state index in [2.05, 4.69) is 25.4 Å². The van der Waals surface area contributed by atoms with E-state index in [1.54, 1.807) is 13.3 Å². The maximum Gasteiger partial charge on any atom is 0.261 e. The van der Waals surface area contributed by atoms with Gasteiger partial charge in [-0.25, -0.2) is 9.97 Å². The highest BCUT2D eigenvalue weighted by Gasteiger charge is 2.17. The molecule has 7 heteroatoms. The van der Waals surface area contributed by atoms with Gasteiger partial charge in [0.15, 0.2) is 11.5 Å². The number of benzene rings is 1. The Labute approximate surface area is 156 Å². The molecule has 4 aromatic rings. The molecule has 0 aliphatic carbocycles. The van der Waals surface area contributed by atoms with Gasteiger partial charge in [-0.3, -0.25) is 0 Å². The molecule has 27 heavy (non-hydrogen) atoms. The van der Waals surface area contributed by atoms with Crippen molar-refractivity contribution in [2.24, 2.45) is 0 Å². The predicted octanol–water partition coefficient (Wildman–Crippen LogP) is 4.30. The summed E-state index contributed by atoms with van der Waals surface area (Å²) in [6.45, 7) is 3.92. The van der Waals surface area contributed by atoms with Crippen LogP contribution in [0.4, 0.5) is 11.4 Å². The van der Waals surface area contributed by atoms with E-state index in [9.17, 15) is 0 Å². The minimum Gasteiger partial charge on any atom is -0.497 e. The van der Waals surface area contributed by atoms with E-state index in [0.29, 0.717) is 23.8 Å². The van der Waals surface area contributed by atoms with Gasteiger partial charge in [0.25, 0.3) is 5.89 Å². The number of aryl methyl sites for hydroxylation is 2. The molecule has 0 bridgehead atoms. The predicted molar refractivity (Wildman–Crippen MR) is 103 cm³/mol. The van der Waals surface area contributed by atoms with Crippen molar-refractivity contribution >= 4 is 22.4 Å². The van der Waals surface area contributed by atoms with Crippen LogP contribution in [0.25, 0.3) is 22.5 Å². The Hall–Kier alpha value is -3.48. The van der Waals surface area contributed by atoms with Gasteiger partial charge in [-0.15, -0.1) is 0 Å². The molecule has 4 rings (SSSR count). The zero-order valence-electron chi connectivity index (χ0n) is 15.4. The largest absolute Gasteiger partial charge is 0.497 e. The Balaban J connectivity index is 1.89. The number of hydrogen-bond donors (Lipinski definition) is 1. The number of fused-ring (bicyclic) bond motifs is 1. The van der Waals surface area contributed by atoms with Gasteiger partial charge in [0, 0.05) is 35.5 Å². The molecule has 0 saturated carbocycles. The first-order valence-electron chi connectivity index (χ1n) is 8.68. The summed E-state index contributed by atoms with van der Waals surface area (Å²) in [7, 11) is 1.64. The lowest BCUT2D eigenvalue weighted by atomic mass is 10.1. The van der Waals surface area contributed by atoms with Crippen molar-refractivity contribution < 1.29 is 9.26 Å². The number of ether oxygens (including phenoxy) is 1. The van der Waals surface area contributed by atoms with Crippen molar-refractivity contribution in [3.63, 3.8) is 0 Å². The fraction of sp³-hybridized carbons (Fsp3) is 0.200. The molecule has 0 amide bonds. The number of rotatable bonds is 5. The van der Waals surface area contributed by atoms with Gasteiger partial charge < -0.3 is 14.6 Å².